The minimum Gasteiger partial charge on any atom is -0.375 e. The number of Topliss-reactive ketones (excluding diaryl/α,β-unsaturated/α-hetero) is 1. The van der Waals surface area contributed by atoms with Crippen LogP contribution in [0.2, 0.25) is 10.0 Å². The Labute approximate surface area is 143 Å². The Bertz CT molecular complexity index is 835. The van der Waals surface area contributed by atoms with E-state index in [0.29, 0.717) is 16.3 Å². The summed E-state index contributed by atoms with van der Waals surface area (Å²) in [4.78, 5) is 24.7. The molecule has 3 rings (SSSR count). The Balaban J connectivity index is 1.97. The van der Waals surface area contributed by atoms with Crippen LogP contribution in [0.4, 0.5) is 5.69 Å². The van der Waals surface area contributed by atoms with Crippen LogP contribution in [0.15, 0.2) is 36.4 Å². The second-order valence-electron chi connectivity index (χ2n) is 5.59. The molecule has 118 valence electrons. The fourth-order valence-electron chi connectivity index (χ4n) is 2.68. The van der Waals surface area contributed by atoms with Crippen molar-refractivity contribution in [3.8, 4) is 0 Å². The molecule has 1 unspecified atom stereocenters. The number of halogens is 2. The van der Waals surface area contributed by atoms with E-state index in [9.17, 15) is 14.7 Å². The van der Waals surface area contributed by atoms with Crippen LogP contribution in [0, 0.1) is 6.92 Å². The molecule has 0 radical (unpaired) electrons. The van der Waals surface area contributed by atoms with Gasteiger partial charge in [-0.25, -0.2) is 0 Å². The van der Waals surface area contributed by atoms with E-state index in [4.69, 9.17) is 23.2 Å². The molecule has 4 nitrogen and oxygen atoms in total. The summed E-state index contributed by atoms with van der Waals surface area (Å²) in [5.41, 5.74) is 0.120. The lowest BCUT2D eigenvalue weighted by Gasteiger charge is -2.20. The van der Waals surface area contributed by atoms with Gasteiger partial charge >= 0.3 is 0 Å². The highest BCUT2D eigenvalue weighted by atomic mass is 35.5. The third kappa shape index (κ3) is 2.74. The van der Waals surface area contributed by atoms with Crippen LogP contribution in [0.3, 0.4) is 0 Å². The monoisotopic (exact) mass is 349 g/mol. The molecule has 1 heterocycles. The van der Waals surface area contributed by atoms with Crippen molar-refractivity contribution in [1.29, 1.82) is 0 Å². The number of benzene rings is 2. The molecule has 0 fully saturated rings. The Morgan fingerprint density at radius 2 is 1.96 bits per heavy atom. The van der Waals surface area contributed by atoms with Crippen LogP contribution in [-0.4, -0.2) is 16.8 Å². The van der Waals surface area contributed by atoms with Crippen molar-refractivity contribution < 1.29 is 14.7 Å². The van der Waals surface area contributed by atoms with Gasteiger partial charge in [-0.15, -0.1) is 0 Å². The van der Waals surface area contributed by atoms with E-state index in [1.165, 1.54) is 18.2 Å². The first kappa shape index (κ1) is 16.0. The highest BCUT2D eigenvalue weighted by Gasteiger charge is 2.47. The summed E-state index contributed by atoms with van der Waals surface area (Å²) in [7, 11) is 0. The van der Waals surface area contributed by atoms with E-state index in [1.54, 1.807) is 12.1 Å². The number of carbonyl (C=O) groups is 2. The highest BCUT2D eigenvalue weighted by molar-refractivity contribution is 6.37. The first-order valence-corrected chi connectivity index (χ1v) is 7.70. The quantitative estimate of drug-likeness (QED) is 0.830. The number of aliphatic hydroxyl groups is 1. The molecule has 0 spiro atoms. The van der Waals surface area contributed by atoms with Gasteiger partial charge in [-0.3, -0.25) is 9.59 Å². The molecule has 0 aromatic heterocycles. The molecule has 2 aromatic rings. The summed E-state index contributed by atoms with van der Waals surface area (Å²) in [6.07, 6.45) is -0.392. The molecular weight excluding hydrogens is 337 g/mol. The van der Waals surface area contributed by atoms with Crippen LogP contribution < -0.4 is 5.32 Å². The molecular formula is C17H13Cl2NO3. The van der Waals surface area contributed by atoms with Gasteiger partial charge in [-0.1, -0.05) is 40.9 Å². The number of nitrogens with one attached hydrogen (secondary N) is 1. The number of anilines is 1. The molecule has 1 aliphatic heterocycles. The first-order valence-electron chi connectivity index (χ1n) is 6.94. The zero-order valence-corrected chi connectivity index (χ0v) is 13.7. The van der Waals surface area contributed by atoms with Gasteiger partial charge in [0.05, 0.1) is 11.4 Å². The number of hydrogen-bond donors (Lipinski definition) is 2. The number of fused-ring (bicyclic) bond motifs is 1. The van der Waals surface area contributed by atoms with Crippen LogP contribution in [0.1, 0.15) is 27.9 Å². The van der Waals surface area contributed by atoms with Crippen molar-refractivity contribution in [2.45, 2.75) is 18.9 Å². The lowest BCUT2D eigenvalue weighted by atomic mass is 9.87. The van der Waals surface area contributed by atoms with Crippen molar-refractivity contribution in [2.24, 2.45) is 0 Å². The topological polar surface area (TPSA) is 66.4 Å². The summed E-state index contributed by atoms with van der Waals surface area (Å²) in [6.45, 7) is 1.85. The van der Waals surface area contributed by atoms with Gasteiger partial charge in [0.1, 0.15) is 0 Å². The number of aryl methyl sites for hydroxylation is 1. The number of hydrogen-bond acceptors (Lipinski definition) is 3. The Kier molecular flexibility index (Phi) is 3.92. The fourth-order valence-corrected chi connectivity index (χ4v) is 3.19. The maximum atomic E-state index is 12.5. The molecule has 0 saturated heterocycles. The fraction of sp³-hybridized carbons (Fsp3) is 0.176. The normalized spacial score (nSPS) is 19.4. The summed E-state index contributed by atoms with van der Waals surface area (Å²) < 4.78 is 0. The molecule has 1 aliphatic rings. The molecule has 0 saturated carbocycles. The van der Waals surface area contributed by atoms with E-state index in [2.05, 4.69) is 5.32 Å². The molecule has 1 atom stereocenters. The number of carbonyl (C=O) groups excluding carboxylic acids is 2. The lowest BCUT2D eigenvalue weighted by Crippen LogP contribution is -2.36. The maximum absolute atomic E-state index is 12.5. The highest BCUT2D eigenvalue weighted by Crippen LogP contribution is 2.40. The second kappa shape index (κ2) is 5.64. The van der Waals surface area contributed by atoms with E-state index in [-0.39, 0.29) is 10.6 Å². The predicted octanol–water partition coefficient (Wildman–Crippen LogP) is 3.71. The summed E-state index contributed by atoms with van der Waals surface area (Å²) in [5.74, 6) is -1.05. The number of ketones is 1. The summed E-state index contributed by atoms with van der Waals surface area (Å²) in [6, 6.07) is 9.71. The van der Waals surface area contributed by atoms with Crippen LogP contribution in [-0.2, 0) is 10.4 Å². The smallest absolute Gasteiger partial charge is 0.261 e. The van der Waals surface area contributed by atoms with E-state index < -0.39 is 23.7 Å². The molecule has 6 heteroatoms. The standard InChI is InChI=1S/C17H13Cl2NO3/c1-9-2-5-14-12(6-9)17(23,16(22)20-14)8-15(21)11-4-3-10(18)7-13(11)19/h2-7,23H,8H2,1H3,(H,20,22). The van der Waals surface area contributed by atoms with Crippen molar-refractivity contribution in [1.82, 2.24) is 0 Å². The first-order chi connectivity index (χ1) is 10.8. The second-order valence-corrected chi connectivity index (χ2v) is 6.43. The Morgan fingerprint density at radius 1 is 1.22 bits per heavy atom. The van der Waals surface area contributed by atoms with Gasteiger partial charge in [-0.2, -0.15) is 0 Å². The Morgan fingerprint density at radius 3 is 2.65 bits per heavy atom. The summed E-state index contributed by atoms with van der Waals surface area (Å²) in [5, 5.41) is 14.0. The van der Waals surface area contributed by atoms with Gasteiger partial charge in [0.15, 0.2) is 11.4 Å². The lowest BCUT2D eigenvalue weighted by molar-refractivity contribution is -0.133. The minimum absolute atomic E-state index is 0.189. The van der Waals surface area contributed by atoms with Gasteiger partial charge in [0.25, 0.3) is 5.91 Å². The van der Waals surface area contributed by atoms with E-state index in [0.717, 1.165) is 5.56 Å². The average molecular weight is 350 g/mol. The predicted molar refractivity (Wildman–Crippen MR) is 89.1 cm³/mol. The van der Waals surface area contributed by atoms with Crippen molar-refractivity contribution in [2.75, 3.05) is 5.32 Å². The van der Waals surface area contributed by atoms with Gasteiger partial charge < -0.3 is 10.4 Å². The largest absolute Gasteiger partial charge is 0.375 e. The number of rotatable bonds is 3. The van der Waals surface area contributed by atoms with E-state index in [1.807, 2.05) is 13.0 Å². The van der Waals surface area contributed by atoms with Crippen LogP contribution >= 0.6 is 23.2 Å². The molecule has 2 aromatic carbocycles. The third-order valence-electron chi connectivity index (χ3n) is 3.89. The molecule has 1 amide bonds. The van der Waals surface area contributed by atoms with Crippen molar-refractivity contribution in [3.63, 3.8) is 0 Å². The van der Waals surface area contributed by atoms with Gasteiger partial charge in [-0.05, 0) is 31.2 Å². The molecule has 0 aliphatic carbocycles. The number of amides is 1. The SMILES string of the molecule is Cc1ccc2c(c1)C(O)(CC(=O)c1ccc(Cl)cc1Cl)C(=O)N2. The molecule has 0 bridgehead atoms. The van der Waals surface area contributed by atoms with Gasteiger partial charge in [0, 0.05) is 21.8 Å². The Hall–Kier alpha value is -1.88. The minimum atomic E-state index is -1.90. The third-order valence-corrected chi connectivity index (χ3v) is 4.44. The summed E-state index contributed by atoms with van der Waals surface area (Å²) >= 11 is 11.8. The van der Waals surface area contributed by atoms with Crippen LogP contribution in [0.25, 0.3) is 0 Å². The average Bonchev–Trinajstić information content (AvgIpc) is 2.70. The molecule has 23 heavy (non-hydrogen) atoms. The van der Waals surface area contributed by atoms with Gasteiger partial charge in [0.2, 0.25) is 0 Å². The molecule has 2 N–H and O–H groups in total. The zero-order valence-electron chi connectivity index (χ0n) is 12.2. The zero-order chi connectivity index (χ0) is 16.8. The maximum Gasteiger partial charge on any atom is 0.261 e. The van der Waals surface area contributed by atoms with E-state index >= 15 is 0 Å². The van der Waals surface area contributed by atoms with Crippen molar-refractivity contribution >= 4 is 40.6 Å². The van der Waals surface area contributed by atoms with Crippen molar-refractivity contribution in [3.05, 3.63) is 63.1 Å². The van der Waals surface area contributed by atoms with Crippen LogP contribution in [0.5, 0.6) is 0 Å².